The van der Waals surface area contributed by atoms with Gasteiger partial charge in [0, 0.05) is 23.7 Å². The zero-order valence-electron chi connectivity index (χ0n) is 10.1. The van der Waals surface area contributed by atoms with Crippen LogP contribution in [0.2, 0.25) is 0 Å². The van der Waals surface area contributed by atoms with E-state index in [1.54, 1.807) is 6.07 Å². The molecule has 0 saturated carbocycles. The summed E-state index contributed by atoms with van der Waals surface area (Å²) >= 11 is 3.05. The second-order valence-corrected chi connectivity index (χ2v) is 5.10. The van der Waals surface area contributed by atoms with Gasteiger partial charge in [0.05, 0.1) is 4.47 Å². The van der Waals surface area contributed by atoms with Crippen LogP contribution in [0.3, 0.4) is 0 Å². The van der Waals surface area contributed by atoms with Crippen molar-refractivity contribution in [3.8, 4) is 0 Å². The van der Waals surface area contributed by atoms with Crippen LogP contribution in [-0.2, 0) is 6.42 Å². The summed E-state index contributed by atoms with van der Waals surface area (Å²) in [4.78, 5) is 0. The van der Waals surface area contributed by atoms with Crippen molar-refractivity contribution in [2.75, 3.05) is 0 Å². The minimum Gasteiger partial charge on any atom is -0.323 e. The third-order valence-electron chi connectivity index (χ3n) is 2.89. The highest BCUT2D eigenvalue weighted by Gasteiger charge is 2.20. The van der Waals surface area contributed by atoms with Crippen molar-refractivity contribution in [1.82, 2.24) is 0 Å². The molecule has 0 aliphatic carbocycles. The van der Waals surface area contributed by atoms with Gasteiger partial charge in [0.25, 0.3) is 0 Å². The molecule has 0 fully saturated rings. The first-order chi connectivity index (χ1) is 9.40. The second kappa shape index (κ2) is 5.93. The van der Waals surface area contributed by atoms with Crippen molar-refractivity contribution >= 4 is 15.9 Å². The van der Waals surface area contributed by atoms with E-state index in [9.17, 15) is 17.6 Å². The van der Waals surface area contributed by atoms with E-state index >= 15 is 0 Å². The van der Waals surface area contributed by atoms with Crippen LogP contribution in [0.25, 0.3) is 0 Å². The molecule has 2 N–H and O–H groups in total. The van der Waals surface area contributed by atoms with Gasteiger partial charge in [-0.1, -0.05) is 12.1 Å². The average Bonchev–Trinajstić information content (AvgIpc) is 2.33. The zero-order chi connectivity index (χ0) is 14.9. The first-order valence-electron chi connectivity index (χ1n) is 5.73. The SMILES string of the molecule is NC(Cc1cccc(F)c1Br)c1c(F)cc(F)cc1F. The van der Waals surface area contributed by atoms with Gasteiger partial charge in [-0.05, 0) is 34.0 Å². The van der Waals surface area contributed by atoms with E-state index in [0.29, 0.717) is 17.7 Å². The van der Waals surface area contributed by atoms with E-state index in [4.69, 9.17) is 5.73 Å². The lowest BCUT2D eigenvalue weighted by Crippen LogP contribution is -2.17. The summed E-state index contributed by atoms with van der Waals surface area (Å²) in [6.07, 6.45) is 0.0117. The molecule has 0 spiro atoms. The van der Waals surface area contributed by atoms with Gasteiger partial charge in [0.15, 0.2) is 0 Å². The summed E-state index contributed by atoms with van der Waals surface area (Å²) in [5, 5.41) is 0. The van der Waals surface area contributed by atoms with Crippen molar-refractivity contribution < 1.29 is 17.6 Å². The predicted molar refractivity (Wildman–Crippen MR) is 71.0 cm³/mol. The van der Waals surface area contributed by atoms with Gasteiger partial charge < -0.3 is 5.73 Å². The summed E-state index contributed by atoms with van der Waals surface area (Å²) in [5.41, 5.74) is 5.81. The van der Waals surface area contributed by atoms with E-state index in [1.165, 1.54) is 12.1 Å². The maximum absolute atomic E-state index is 13.6. The maximum atomic E-state index is 13.6. The Balaban J connectivity index is 2.33. The molecule has 1 nitrogen and oxygen atoms in total. The standard InChI is InChI=1S/C14H10BrF4N/c15-14-7(2-1-3-9(14)17)4-12(20)13-10(18)5-8(16)6-11(13)19/h1-3,5-6,12H,4,20H2. The van der Waals surface area contributed by atoms with Crippen LogP contribution in [0.1, 0.15) is 17.2 Å². The average molecular weight is 348 g/mol. The Hall–Kier alpha value is -1.40. The molecule has 0 bridgehead atoms. The minimum atomic E-state index is -1.05. The van der Waals surface area contributed by atoms with E-state index in [0.717, 1.165) is 0 Å². The van der Waals surface area contributed by atoms with Gasteiger partial charge in [-0.3, -0.25) is 0 Å². The molecule has 6 heteroatoms. The van der Waals surface area contributed by atoms with Crippen LogP contribution < -0.4 is 5.73 Å². The lowest BCUT2D eigenvalue weighted by atomic mass is 9.98. The van der Waals surface area contributed by atoms with E-state index < -0.39 is 34.9 Å². The number of benzene rings is 2. The Morgan fingerprint density at radius 1 is 1.00 bits per heavy atom. The van der Waals surface area contributed by atoms with E-state index in [2.05, 4.69) is 15.9 Å². The lowest BCUT2D eigenvalue weighted by Gasteiger charge is -2.15. The summed E-state index contributed by atoms with van der Waals surface area (Å²) in [6, 6.07) is 4.40. The number of hydrogen-bond donors (Lipinski definition) is 1. The number of hydrogen-bond acceptors (Lipinski definition) is 1. The van der Waals surface area contributed by atoms with Crippen LogP contribution in [0.4, 0.5) is 17.6 Å². The molecule has 0 aliphatic rings. The maximum Gasteiger partial charge on any atom is 0.137 e. The summed E-state index contributed by atoms with van der Waals surface area (Å²) in [7, 11) is 0. The highest BCUT2D eigenvalue weighted by molar-refractivity contribution is 9.10. The van der Waals surface area contributed by atoms with Crippen LogP contribution in [0, 0.1) is 23.3 Å². The Bertz CT molecular complexity index is 622. The Morgan fingerprint density at radius 3 is 2.20 bits per heavy atom. The van der Waals surface area contributed by atoms with Crippen molar-refractivity contribution in [2.24, 2.45) is 5.73 Å². The van der Waals surface area contributed by atoms with Gasteiger partial charge in [-0.2, -0.15) is 0 Å². The number of rotatable bonds is 3. The fourth-order valence-electron chi connectivity index (χ4n) is 1.95. The predicted octanol–water partition coefficient (Wildman–Crippen LogP) is 4.25. The molecule has 1 atom stereocenters. The highest BCUT2D eigenvalue weighted by atomic mass is 79.9. The fourth-order valence-corrected chi connectivity index (χ4v) is 2.38. The molecule has 0 heterocycles. The summed E-state index contributed by atoms with van der Waals surface area (Å²) in [5.74, 6) is -3.61. The molecule has 2 aromatic rings. The highest BCUT2D eigenvalue weighted by Crippen LogP contribution is 2.27. The molecule has 0 amide bonds. The molecule has 0 aliphatic heterocycles. The summed E-state index contributed by atoms with van der Waals surface area (Å²) in [6.45, 7) is 0. The van der Waals surface area contributed by atoms with E-state index in [-0.39, 0.29) is 10.9 Å². The summed E-state index contributed by atoms with van der Waals surface area (Å²) < 4.78 is 53.6. The fraction of sp³-hybridized carbons (Fsp3) is 0.143. The van der Waals surface area contributed by atoms with Crippen LogP contribution >= 0.6 is 15.9 Å². The van der Waals surface area contributed by atoms with Crippen LogP contribution in [0.5, 0.6) is 0 Å². The second-order valence-electron chi connectivity index (χ2n) is 4.31. The topological polar surface area (TPSA) is 26.0 Å². The Labute approximate surface area is 121 Å². The van der Waals surface area contributed by atoms with Crippen molar-refractivity contribution in [3.63, 3.8) is 0 Å². The molecule has 1 unspecified atom stereocenters. The lowest BCUT2D eigenvalue weighted by molar-refractivity contribution is 0.501. The minimum absolute atomic E-state index is 0.0117. The third-order valence-corrected chi connectivity index (χ3v) is 3.77. The molecule has 20 heavy (non-hydrogen) atoms. The van der Waals surface area contributed by atoms with Gasteiger partial charge in [0.2, 0.25) is 0 Å². The van der Waals surface area contributed by atoms with Crippen molar-refractivity contribution in [3.05, 3.63) is 69.2 Å². The third kappa shape index (κ3) is 3.02. The molecular weight excluding hydrogens is 338 g/mol. The normalized spacial score (nSPS) is 12.5. The zero-order valence-corrected chi connectivity index (χ0v) is 11.7. The van der Waals surface area contributed by atoms with Crippen molar-refractivity contribution in [1.29, 1.82) is 0 Å². The molecule has 2 aromatic carbocycles. The Morgan fingerprint density at radius 2 is 1.60 bits per heavy atom. The van der Waals surface area contributed by atoms with Gasteiger partial charge in [-0.15, -0.1) is 0 Å². The van der Waals surface area contributed by atoms with Crippen LogP contribution in [-0.4, -0.2) is 0 Å². The number of nitrogens with two attached hydrogens (primary N) is 1. The van der Waals surface area contributed by atoms with Crippen molar-refractivity contribution in [2.45, 2.75) is 12.5 Å². The van der Waals surface area contributed by atoms with Crippen LogP contribution in [0.15, 0.2) is 34.8 Å². The molecule has 0 saturated heterocycles. The van der Waals surface area contributed by atoms with Gasteiger partial charge >= 0.3 is 0 Å². The number of halogens is 5. The molecule has 2 rings (SSSR count). The monoisotopic (exact) mass is 347 g/mol. The largest absolute Gasteiger partial charge is 0.323 e. The van der Waals surface area contributed by atoms with E-state index in [1.807, 2.05) is 0 Å². The van der Waals surface area contributed by atoms with Gasteiger partial charge in [0.1, 0.15) is 23.3 Å². The first-order valence-corrected chi connectivity index (χ1v) is 6.52. The Kier molecular flexibility index (Phi) is 4.45. The molecule has 0 radical (unpaired) electrons. The quantitative estimate of drug-likeness (QED) is 0.825. The van der Waals surface area contributed by atoms with Gasteiger partial charge in [-0.25, -0.2) is 17.6 Å². The smallest absolute Gasteiger partial charge is 0.137 e. The molecule has 0 aromatic heterocycles. The molecular formula is C14H10BrF4N. The molecule has 106 valence electrons. The first kappa shape index (κ1) is 15.0.